The molecule has 1 fully saturated rings. The van der Waals surface area contributed by atoms with E-state index in [1.54, 1.807) is 7.11 Å². The fourth-order valence-electron chi connectivity index (χ4n) is 4.82. The Morgan fingerprint density at radius 1 is 1.16 bits per heavy atom. The Balaban J connectivity index is 1.31. The van der Waals surface area contributed by atoms with Crippen LogP contribution in [-0.2, 0) is 13.0 Å². The first-order chi connectivity index (χ1) is 15.7. The first kappa shape index (κ1) is 22.6. The van der Waals surface area contributed by atoms with Crippen LogP contribution in [0.5, 0.6) is 5.75 Å². The molecule has 0 unspecified atom stereocenters. The van der Waals surface area contributed by atoms with Gasteiger partial charge in [0.25, 0.3) is 0 Å². The van der Waals surface area contributed by atoms with Gasteiger partial charge in [-0.05, 0) is 61.5 Å². The number of aromatic amines is 1. The molecule has 170 valence electrons. The molecule has 1 atom stereocenters. The van der Waals surface area contributed by atoms with Gasteiger partial charge in [0.05, 0.1) is 19.0 Å². The van der Waals surface area contributed by atoms with Crippen LogP contribution in [0.15, 0.2) is 60.8 Å². The Morgan fingerprint density at radius 3 is 2.84 bits per heavy atom. The highest BCUT2D eigenvalue weighted by Gasteiger charge is 2.22. The molecule has 1 aromatic heterocycles. The van der Waals surface area contributed by atoms with Crippen molar-refractivity contribution in [3.8, 4) is 17.0 Å². The van der Waals surface area contributed by atoms with Crippen molar-refractivity contribution in [1.82, 2.24) is 20.0 Å². The summed E-state index contributed by atoms with van der Waals surface area (Å²) in [6.07, 6.45) is 5.69. The van der Waals surface area contributed by atoms with E-state index in [-0.39, 0.29) is 0 Å². The zero-order valence-corrected chi connectivity index (χ0v) is 19.5. The normalized spacial score (nSPS) is 17.0. The first-order valence-electron chi connectivity index (χ1n) is 11.9. The van der Waals surface area contributed by atoms with E-state index in [1.807, 2.05) is 12.3 Å². The molecule has 2 aromatic carbocycles. The maximum atomic E-state index is 5.37. The Bertz CT molecular complexity index is 955. The molecule has 1 N–H and O–H groups in total. The quantitative estimate of drug-likeness (QED) is 0.497. The van der Waals surface area contributed by atoms with Gasteiger partial charge in [0.2, 0.25) is 0 Å². The Hall–Kier alpha value is -2.63. The summed E-state index contributed by atoms with van der Waals surface area (Å²) in [6.45, 7) is 8.94. The van der Waals surface area contributed by atoms with Crippen molar-refractivity contribution in [2.45, 2.75) is 32.7 Å². The third-order valence-corrected chi connectivity index (χ3v) is 6.59. The van der Waals surface area contributed by atoms with Crippen LogP contribution in [0.3, 0.4) is 0 Å². The van der Waals surface area contributed by atoms with Crippen LogP contribution in [0, 0.1) is 5.92 Å². The Kier molecular flexibility index (Phi) is 7.97. The van der Waals surface area contributed by atoms with E-state index < -0.39 is 0 Å². The fraction of sp³-hybridized carbons (Fsp3) is 0.444. The molecule has 0 spiro atoms. The summed E-state index contributed by atoms with van der Waals surface area (Å²) in [5.41, 5.74) is 4.99. The summed E-state index contributed by atoms with van der Waals surface area (Å²) in [7, 11) is 1.74. The number of aromatic nitrogens is 2. The van der Waals surface area contributed by atoms with Crippen LogP contribution < -0.4 is 4.74 Å². The maximum absolute atomic E-state index is 5.37. The standard InChI is InChI=1S/C27H36N4O/c1-3-30(21-25-18-28-29-27(25)24-11-5-4-6-12-24)19-23-10-8-15-31(20-23)16-14-22-9-7-13-26(17-22)32-2/h4-7,9,11-13,17-18,23H,3,8,10,14-16,19-21H2,1-2H3,(H,28,29)/t23-/m1/s1. The van der Waals surface area contributed by atoms with Crippen molar-refractivity contribution in [2.24, 2.45) is 5.92 Å². The lowest BCUT2D eigenvalue weighted by Crippen LogP contribution is -2.41. The smallest absolute Gasteiger partial charge is 0.119 e. The molecule has 32 heavy (non-hydrogen) atoms. The predicted molar refractivity (Wildman–Crippen MR) is 131 cm³/mol. The number of benzene rings is 2. The van der Waals surface area contributed by atoms with Gasteiger partial charge in [-0.15, -0.1) is 0 Å². The molecule has 0 saturated carbocycles. The average Bonchev–Trinajstić information content (AvgIpc) is 3.31. The topological polar surface area (TPSA) is 44.4 Å². The summed E-state index contributed by atoms with van der Waals surface area (Å²) in [5.74, 6) is 1.67. The molecule has 1 aliphatic rings. The molecule has 2 heterocycles. The molecule has 3 aromatic rings. The van der Waals surface area contributed by atoms with Gasteiger partial charge in [-0.2, -0.15) is 5.10 Å². The molecule has 1 saturated heterocycles. The average molecular weight is 433 g/mol. The number of rotatable bonds is 10. The summed E-state index contributed by atoms with van der Waals surface area (Å²) in [4.78, 5) is 5.22. The molecule has 0 aliphatic carbocycles. The molecule has 5 nitrogen and oxygen atoms in total. The lowest BCUT2D eigenvalue weighted by Gasteiger charge is -2.35. The van der Waals surface area contributed by atoms with Gasteiger partial charge in [-0.3, -0.25) is 10.00 Å². The highest BCUT2D eigenvalue weighted by Crippen LogP contribution is 2.24. The lowest BCUT2D eigenvalue weighted by molar-refractivity contribution is 0.133. The zero-order chi connectivity index (χ0) is 22.2. The zero-order valence-electron chi connectivity index (χ0n) is 19.5. The van der Waals surface area contributed by atoms with Gasteiger partial charge in [-0.1, -0.05) is 49.4 Å². The third kappa shape index (κ3) is 5.99. The minimum atomic E-state index is 0.723. The van der Waals surface area contributed by atoms with E-state index >= 15 is 0 Å². The van der Waals surface area contributed by atoms with Gasteiger partial charge in [0, 0.05) is 31.7 Å². The van der Waals surface area contributed by atoms with E-state index in [9.17, 15) is 0 Å². The Morgan fingerprint density at radius 2 is 2.03 bits per heavy atom. The van der Waals surface area contributed by atoms with Crippen LogP contribution >= 0.6 is 0 Å². The van der Waals surface area contributed by atoms with Gasteiger partial charge in [0.15, 0.2) is 0 Å². The highest BCUT2D eigenvalue weighted by molar-refractivity contribution is 5.62. The maximum Gasteiger partial charge on any atom is 0.119 e. The monoisotopic (exact) mass is 432 g/mol. The highest BCUT2D eigenvalue weighted by atomic mass is 16.5. The molecule has 4 rings (SSSR count). The van der Waals surface area contributed by atoms with E-state index in [2.05, 4.69) is 75.5 Å². The van der Waals surface area contributed by atoms with E-state index in [4.69, 9.17) is 4.74 Å². The molecule has 0 radical (unpaired) electrons. The Labute approximate surface area is 192 Å². The molecule has 5 heteroatoms. The number of ether oxygens (including phenoxy) is 1. The number of hydrogen-bond acceptors (Lipinski definition) is 4. The van der Waals surface area contributed by atoms with Gasteiger partial charge in [0.1, 0.15) is 5.75 Å². The number of likely N-dealkylation sites (tertiary alicyclic amines) is 1. The number of piperidine rings is 1. The second-order valence-corrected chi connectivity index (χ2v) is 8.87. The first-order valence-corrected chi connectivity index (χ1v) is 11.9. The summed E-state index contributed by atoms with van der Waals surface area (Å²) >= 11 is 0. The van der Waals surface area contributed by atoms with Crippen molar-refractivity contribution in [3.63, 3.8) is 0 Å². The van der Waals surface area contributed by atoms with Crippen LogP contribution in [0.4, 0.5) is 0 Å². The molecular formula is C27H36N4O. The van der Waals surface area contributed by atoms with Crippen molar-refractivity contribution in [1.29, 1.82) is 0 Å². The lowest BCUT2D eigenvalue weighted by atomic mass is 9.96. The third-order valence-electron chi connectivity index (χ3n) is 6.59. The molecule has 1 aliphatic heterocycles. The van der Waals surface area contributed by atoms with E-state index in [0.717, 1.165) is 50.0 Å². The number of H-pyrrole nitrogens is 1. The van der Waals surface area contributed by atoms with Crippen LogP contribution in [0.25, 0.3) is 11.3 Å². The van der Waals surface area contributed by atoms with E-state index in [1.165, 1.54) is 42.6 Å². The summed E-state index contributed by atoms with van der Waals surface area (Å²) in [6, 6.07) is 19.0. The van der Waals surface area contributed by atoms with Gasteiger partial charge >= 0.3 is 0 Å². The molecule has 0 bridgehead atoms. The second kappa shape index (κ2) is 11.3. The van der Waals surface area contributed by atoms with Crippen molar-refractivity contribution in [2.75, 3.05) is 39.8 Å². The van der Waals surface area contributed by atoms with Crippen LogP contribution in [-0.4, -0.2) is 59.8 Å². The van der Waals surface area contributed by atoms with Crippen LogP contribution in [0.2, 0.25) is 0 Å². The van der Waals surface area contributed by atoms with Crippen molar-refractivity contribution >= 4 is 0 Å². The molecular weight excluding hydrogens is 396 g/mol. The summed E-state index contributed by atoms with van der Waals surface area (Å²) < 4.78 is 5.37. The minimum Gasteiger partial charge on any atom is -0.497 e. The number of nitrogens with one attached hydrogen (secondary N) is 1. The minimum absolute atomic E-state index is 0.723. The molecule has 0 amide bonds. The SMILES string of the molecule is CCN(Cc1cn[nH]c1-c1ccccc1)C[C@H]1CCCN(CCc2cccc(OC)c2)C1. The number of hydrogen-bond donors (Lipinski definition) is 1. The van der Waals surface area contributed by atoms with Gasteiger partial charge in [-0.25, -0.2) is 0 Å². The van der Waals surface area contributed by atoms with E-state index in [0.29, 0.717) is 0 Å². The largest absolute Gasteiger partial charge is 0.497 e. The summed E-state index contributed by atoms with van der Waals surface area (Å²) in [5, 5.41) is 7.55. The van der Waals surface area contributed by atoms with Gasteiger partial charge < -0.3 is 9.64 Å². The van der Waals surface area contributed by atoms with Crippen molar-refractivity contribution in [3.05, 3.63) is 71.9 Å². The van der Waals surface area contributed by atoms with Crippen LogP contribution in [0.1, 0.15) is 30.9 Å². The fourth-order valence-corrected chi connectivity index (χ4v) is 4.82. The van der Waals surface area contributed by atoms with Crippen molar-refractivity contribution < 1.29 is 4.74 Å². The number of methoxy groups -OCH3 is 1. The predicted octanol–water partition coefficient (Wildman–Crippen LogP) is 4.86. The number of nitrogens with zero attached hydrogens (tertiary/aromatic N) is 3. The second-order valence-electron chi connectivity index (χ2n) is 8.87.